The van der Waals surface area contributed by atoms with Crippen LogP contribution in [0.2, 0.25) is 10.0 Å². The van der Waals surface area contributed by atoms with Gasteiger partial charge >= 0.3 is 0 Å². The van der Waals surface area contributed by atoms with Gasteiger partial charge in [-0.3, -0.25) is 4.79 Å². The zero-order chi connectivity index (χ0) is 21.3. The molecule has 154 valence electrons. The van der Waals surface area contributed by atoms with Crippen LogP contribution >= 0.6 is 23.2 Å². The summed E-state index contributed by atoms with van der Waals surface area (Å²) in [5.74, 6) is -0.344. The lowest BCUT2D eigenvalue weighted by molar-refractivity contribution is 0.102. The van der Waals surface area contributed by atoms with Gasteiger partial charge in [0.2, 0.25) is 10.0 Å². The SMILES string of the molecule is O=C(Nc1ccc2c(c1)CN(S(=O)(=O)c1ccccc1)CC2)c1cc(Cl)cc(Cl)c1. The number of carbonyl (C=O) groups is 1. The Balaban J connectivity index is 1.55. The van der Waals surface area contributed by atoms with Gasteiger partial charge in [0.1, 0.15) is 0 Å². The van der Waals surface area contributed by atoms with E-state index in [4.69, 9.17) is 23.2 Å². The maximum absolute atomic E-state index is 12.9. The second-order valence-corrected chi connectivity index (χ2v) is 9.81. The second kappa shape index (κ2) is 8.40. The Morgan fingerprint density at radius 2 is 1.60 bits per heavy atom. The molecule has 0 aromatic heterocycles. The number of sulfonamides is 1. The first-order valence-electron chi connectivity index (χ1n) is 9.27. The van der Waals surface area contributed by atoms with Crippen molar-refractivity contribution in [2.24, 2.45) is 0 Å². The van der Waals surface area contributed by atoms with Crippen molar-refractivity contribution in [3.8, 4) is 0 Å². The zero-order valence-electron chi connectivity index (χ0n) is 15.8. The van der Waals surface area contributed by atoms with Gasteiger partial charge < -0.3 is 5.32 Å². The van der Waals surface area contributed by atoms with Crippen molar-refractivity contribution in [2.45, 2.75) is 17.9 Å². The molecule has 1 aliphatic heterocycles. The molecule has 0 aliphatic carbocycles. The molecule has 1 heterocycles. The Labute approximate surface area is 185 Å². The minimum Gasteiger partial charge on any atom is -0.322 e. The lowest BCUT2D eigenvalue weighted by Crippen LogP contribution is -2.36. The third-order valence-corrected chi connectivity index (χ3v) is 7.24. The molecule has 0 fully saturated rings. The molecule has 8 heteroatoms. The molecule has 3 aromatic rings. The third-order valence-electron chi connectivity index (χ3n) is 4.95. The van der Waals surface area contributed by atoms with Crippen LogP contribution in [0.15, 0.2) is 71.6 Å². The summed E-state index contributed by atoms with van der Waals surface area (Å²) in [4.78, 5) is 12.8. The van der Waals surface area contributed by atoms with Crippen LogP contribution in [0, 0.1) is 0 Å². The number of fused-ring (bicyclic) bond motifs is 1. The van der Waals surface area contributed by atoms with E-state index in [1.54, 1.807) is 36.4 Å². The van der Waals surface area contributed by atoms with Gasteiger partial charge in [-0.1, -0.05) is 47.5 Å². The van der Waals surface area contributed by atoms with Gasteiger partial charge in [-0.05, 0) is 60.0 Å². The fourth-order valence-corrected chi connectivity index (χ4v) is 5.41. The molecular formula is C22H18Cl2N2O3S. The molecule has 0 spiro atoms. The highest BCUT2D eigenvalue weighted by atomic mass is 35.5. The highest BCUT2D eigenvalue weighted by molar-refractivity contribution is 7.89. The molecular weight excluding hydrogens is 443 g/mol. The van der Waals surface area contributed by atoms with Crippen molar-refractivity contribution in [3.05, 3.63) is 93.5 Å². The molecule has 1 amide bonds. The number of amides is 1. The van der Waals surface area contributed by atoms with Crippen LogP contribution in [0.3, 0.4) is 0 Å². The first kappa shape index (κ1) is 20.9. The van der Waals surface area contributed by atoms with Gasteiger partial charge in [0, 0.05) is 34.4 Å². The zero-order valence-corrected chi connectivity index (χ0v) is 18.1. The summed E-state index contributed by atoms with van der Waals surface area (Å²) in [6.45, 7) is 0.663. The maximum atomic E-state index is 12.9. The lowest BCUT2D eigenvalue weighted by atomic mass is 10.0. The van der Waals surface area contributed by atoms with E-state index in [1.807, 2.05) is 18.2 Å². The highest BCUT2D eigenvalue weighted by Gasteiger charge is 2.28. The van der Waals surface area contributed by atoms with Crippen LogP contribution in [0.25, 0.3) is 0 Å². The quantitative estimate of drug-likeness (QED) is 0.595. The van der Waals surface area contributed by atoms with Crippen molar-refractivity contribution in [1.29, 1.82) is 0 Å². The number of carbonyl (C=O) groups excluding carboxylic acids is 1. The maximum Gasteiger partial charge on any atom is 0.255 e. The average Bonchev–Trinajstić information content (AvgIpc) is 2.73. The number of anilines is 1. The fourth-order valence-electron chi connectivity index (χ4n) is 3.44. The van der Waals surface area contributed by atoms with Gasteiger partial charge in [-0.25, -0.2) is 8.42 Å². The van der Waals surface area contributed by atoms with E-state index < -0.39 is 10.0 Å². The molecule has 0 atom stereocenters. The minimum atomic E-state index is -3.58. The van der Waals surface area contributed by atoms with Crippen molar-refractivity contribution in [3.63, 3.8) is 0 Å². The predicted octanol–water partition coefficient (Wildman–Crippen LogP) is 4.99. The third kappa shape index (κ3) is 4.37. The topological polar surface area (TPSA) is 66.5 Å². The molecule has 4 rings (SSSR count). The molecule has 0 unspecified atom stereocenters. The van der Waals surface area contributed by atoms with Crippen LogP contribution in [0.5, 0.6) is 0 Å². The average molecular weight is 461 g/mol. The van der Waals surface area contributed by atoms with Crippen molar-refractivity contribution >= 4 is 44.8 Å². The Bertz CT molecular complexity index is 1190. The Hall–Kier alpha value is -2.38. The first-order valence-corrected chi connectivity index (χ1v) is 11.5. The van der Waals surface area contributed by atoms with Crippen molar-refractivity contribution in [2.75, 3.05) is 11.9 Å². The van der Waals surface area contributed by atoms with E-state index in [9.17, 15) is 13.2 Å². The molecule has 1 N–H and O–H groups in total. The summed E-state index contributed by atoms with van der Waals surface area (Å²) < 4.78 is 27.3. The molecule has 30 heavy (non-hydrogen) atoms. The fraction of sp³-hybridized carbons (Fsp3) is 0.136. The smallest absolute Gasteiger partial charge is 0.255 e. The normalized spacial score (nSPS) is 14.2. The first-order chi connectivity index (χ1) is 14.3. The van der Waals surface area contributed by atoms with Crippen LogP contribution in [0.1, 0.15) is 21.5 Å². The molecule has 0 saturated heterocycles. The Kier molecular flexibility index (Phi) is 5.84. The molecule has 3 aromatic carbocycles. The monoisotopic (exact) mass is 460 g/mol. The predicted molar refractivity (Wildman–Crippen MR) is 119 cm³/mol. The Morgan fingerprint density at radius 1 is 0.900 bits per heavy atom. The van der Waals surface area contributed by atoms with Gasteiger partial charge in [0.15, 0.2) is 0 Å². The van der Waals surface area contributed by atoms with Crippen molar-refractivity contribution in [1.82, 2.24) is 4.31 Å². The summed E-state index contributed by atoms with van der Waals surface area (Å²) >= 11 is 11.9. The van der Waals surface area contributed by atoms with Gasteiger partial charge in [0.05, 0.1) is 4.90 Å². The molecule has 0 bridgehead atoms. The van der Waals surface area contributed by atoms with E-state index >= 15 is 0 Å². The van der Waals surface area contributed by atoms with Crippen LogP contribution in [0.4, 0.5) is 5.69 Å². The van der Waals surface area contributed by atoms with Crippen LogP contribution in [-0.4, -0.2) is 25.2 Å². The summed E-state index contributed by atoms with van der Waals surface area (Å²) in [6, 6.07) is 18.6. The Morgan fingerprint density at radius 3 is 2.30 bits per heavy atom. The van der Waals surface area contributed by atoms with Gasteiger partial charge in [-0.15, -0.1) is 0 Å². The van der Waals surface area contributed by atoms with E-state index in [1.165, 1.54) is 16.4 Å². The minimum absolute atomic E-state index is 0.249. The van der Waals surface area contributed by atoms with E-state index in [0.29, 0.717) is 34.3 Å². The largest absolute Gasteiger partial charge is 0.322 e. The summed E-state index contributed by atoms with van der Waals surface area (Å²) in [5.41, 5.74) is 2.85. The van der Waals surface area contributed by atoms with Crippen LogP contribution in [-0.2, 0) is 23.0 Å². The number of halogens is 2. The van der Waals surface area contributed by atoms with E-state index in [2.05, 4.69) is 5.32 Å². The van der Waals surface area contributed by atoms with Crippen LogP contribution < -0.4 is 5.32 Å². The number of rotatable bonds is 4. The second-order valence-electron chi connectivity index (χ2n) is 7.00. The molecule has 0 radical (unpaired) electrons. The number of benzene rings is 3. The number of hydrogen-bond donors (Lipinski definition) is 1. The van der Waals surface area contributed by atoms with Crippen molar-refractivity contribution < 1.29 is 13.2 Å². The number of hydrogen-bond acceptors (Lipinski definition) is 3. The van der Waals surface area contributed by atoms with E-state index in [0.717, 1.165) is 11.1 Å². The van der Waals surface area contributed by atoms with E-state index in [-0.39, 0.29) is 17.3 Å². The number of nitrogens with one attached hydrogen (secondary N) is 1. The number of nitrogens with zero attached hydrogens (tertiary/aromatic N) is 1. The molecule has 1 aliphatic rings. The summed E-state index contributed by atoms with van der Waals surface area (Å²) in [5, 5.41) is 3.57. The highest BCUT2D eigenvalue weighted by Crippen LogP contribution is 2.27. The van der Waals surface area contributed by atoms with Gasteiger partial charge in [-0.2, -0.15) is 4.31 Å². The lowest BCUT2D eigenvalue weighted by Gasteiger charge is -2.28. The molecule has 5 nitrogen and oxygen atoms in total. The van der Waals surface area contributed by atoms with Gasteiger partial charge in [0.25, 0.3) is 5.91 Å². The standard InChI is InChI=1S/C22H18Cl2N2O3S/c23-18-10-16(11-19(24)13-18)22(27)25-20-7-6-15-8-9-26(14-17(15)12-20)30(28,29)21-4-2-1-3-5-21/h1-7,10-13H,8-9,14H2,(H,25,27). The molecule has 0 saturated carbocycles. The summed E-state index contributed by atoms with van der Waals surface area (Å²) in [6.07, 6.45) is 0.611. The summed E-state index contributed by atoms with van der Waals surface area (Å²) in [7, 11) is -3.58.